The van der Waals surface area contributed by atoms with Crippen LogP contribution in [-0.4, -0.2) is 58.8 Å². The number of nitrogens with zero attached hydrogens (tertiary/aromatic N) is 7. The molecule has 0 radical (unpaired) electrons. The van der Waals surface area contributed by atoms with Gasteiger partial charge in [-0.25, -0.2) is 4.68 Å². The molecule has 0 aliphatic carbocycles. The molecule has 2 heterocycles. The molecular weight excluding hydrogens is 316 g/mol. The number of hydrogen-bond acceptors (Lipinski definition) is 9. The average molecular weight is 334 g/mol. The lowest BCUT2D eigenvalue weighted by Crippen LogP contribution is -2.29. The second-order valence-corrected chi connectivity index (χ2v) is 5.24. The topological polar surface area (TPSA) is 132 Å². The van der Waals surface area contributed by atoms with E-state index in [0.29, 0.717) is 11.9 Å². The summed E-state index contributed by atoms with van der Waals surface area (Å²) in [5.41, 5.74) is 4.61. The van der Waals surface area contributed by atoms with Crippen LogP contribution >= 0.6 is 0 Å². The van der Waals surface area contributed by atoms with Crippen molar-refractivity contribution < 1.29 is 9.53 Å². The maximum absolute atomic E-state index is 11.6. The van der Waals surface area contributed by atoms with Crippen molar-refractivity contribution in [2.75, 3.05) is 38.0 Å². The van der Waals surface area contributed by atoms with Crippen molar-refractivity contribution in [2.24, 2.45) is 5.73 Å². The zero-order valence-electron chi connectivity index (χ0n) is 13.8. The summed E-state index contributed by atoms with van der Waals surface area (Å²) in [5.74, 6) is 0.159. The third-order valence-corrected chi connectivity index (χ3v) is 2.73. The van der Waals surface area contributed by atoms with Crippen LogP contribution in [0.2, 0.25) is 0 Å². The molecule has 0 aliphatic rings. The molecule has 0 aromatic carbocycles. The first-order chi connectivity index (χ1) is 11.3. The number of primary amides is 1. The molecule has 0 aliphatic heterocycles. The minimum atomic E-state index is -0.688. The van der Waals surface area contributed by atoms with Gasteiger partial charge in [-0.15, -0.1) is 5.10 Å². The van der Waals surface area contributed by atoms with Gasteiger partial charge in [-0.3, -0.25) is 9.59 Å². The molecule has 1 amide bonds. The average Bonchev–Trinajstić information content (AvgIpc) is 2.49. The van der Waals surface area contributed by atoms with E-state index in [2.05, 4.69) is 20.1 Å². The van der Waals surface area contributed by atoms with E-state index in [0.717, 1.165) is 4.68 Å². The number of aromatic nitrogens is 5. The number of nitrogens with two attached hydrogens (primary N) is 1. The summed E-state index contributed by atoms with van der Waals surface area (Å²) in [7, 11) is 7.13. The van der Waals surface area contributed by atoms with Crippen LogP contribution in [0.4, 0.5) is 11.9 Å². The van der Waals surface area contributed by atoms with Gasteiger partial charge in [-0.2, -0.15) is 15.0 Å². The van der Waals surface area contributed by atoms with Crippen LogP contribution in [0.5, 0.6) is 11.9 Å². The van der Waals surface area contributed by atoms with Crippen molar-refractivity contribution in [3.05, 3.63) is 22.5 Å². The fourth-order valence-electron chi connectivity index (χ4n) is 1.62. The highest BCUT2D eigenvalue weighted by Gasteiger charge is 2.13. The lowest BCUT2D eigenvalue weighted by Gasteiger charge is -2.15. The molecule has 0 atom stereocenters. The fraction of sp³-hybridized carbons (Fsp3) is 0.385. The molecule has 2 aromatic rings. The monoisotopic (exact) mass is 334 g/mol. The Morgan fingerprint density at radius 1 is 1.12 bits per heavy atom. The second kappa shape index (κ2) is 6.89. The summed E-state index contributed by atoms with van der Waals surface area (Å²) < 4.78 is 6.40. The van der Waals surface area contributed by atoms with Crippen LogP contribution in [0.25, 0.3) is 0 Å². The Hall–Kier alpha value is -3.24. The molecule has 0 unspecified atom stereocenters. The van der Waals surface area contributed by atoms with Crippen LogP contribution in [0.1, 0.15) is 0 Å². The largest absolute Gasteiger partial charge is 0.403 e. The highest BCUT2D eigenvalue weighted by atomic mass is 16.5. The maximum atomic E-state index is 11.6. The Morgan fingerprint density at radius 2 is 1.71 bits per heavy atom. The Balaban J connectivity index is 2.37. The van der Waals surface area contributed by atoms with E-state index in [4.69, 9.17) is 10.5 Å². The molecule has 2 N–H and O–H groups in total. The van der Waals surface area contributed by atoms with Gasteiger partial charge in [0.1, 0.15) is 6.54 Å². The first kappa shape index (κ1) is 17.1. The molecule has 0 fully saturated rings. The minimum Gasteiger partial charge on any atom is -0.403 e. The van der Waals surface area contributed by atoms with E-state index in [1.165, 1.54) is 12.1 Å². The molecule has 2 aromatic heterocycles. The standard InChI is InChI=1S/C13H18N8O3/c1-19(2)11-15-12(20(3)4)17-13(16-11)24-9-5-6-10(23)21(18-9)7-8(14)22/h5-6H,7H2,1-4H3,(H2,14,22). The molecule has 11 heteroatoms. The summed E-state index contributed by atoms with van der Waals surface area (Å²) in [5, 5.41) is 3.91. The quantitative estimate of drug-likeness (QED) is 0.694. The second-order valence-electron chi connectivity index (χ2n) is 5.24. The van der Waals surface area contributed by atoms with E-state index in [1.807, 2.05) is 0 Å². The summed E-state index contributed by atoms with van der Waals surface area (Å²) in [6.45, 7) is -0.348. The molecule has 0 bridgehead atoms. The van der Waals surface area contributed by atoms with Gasteiger partial charge >= 0.3 is 6.01 Å². The van der Waals surface area contributed by atoms with Gasteiger partial charge in [0.2, 0.25) is 23.7 Å². The Kier molecular flexibility index (Phi) is 4.92. The molecule has 128 valence electrons. The zero-order valence-corrected chi connectivity index (χ0v) is 13.8. The highest BCUT2D eigenvalue weighted by molar-refractivity contribution is 5.73. The van der Waals surface area contributed by atoms with E-state index in [9.17, 15) is 9.59 Å². The summed E-state index contributed by atoms with van der Waals surface area (Å²) in [6, 6.07) is 2.58. The van der Waals surface area contributed by atoms with Gasteiger partial charge in [-0.1, -0.05) is 0 Å². The van der Waals surface area contributed by atoms with Crippen LogP contribution in [-0.2, 0) is 11.3 Å². The van der Waals surface area contributed by atoms with Crippen molar-refractivity contribution >= 4 is 17.8 Å². The number of carbonyl (C=O) groups excluding carboxylic acids is 1. The third-order valence-electron chi connectivity index (χ3n) is 2.73. The maximum Gasteiger partial charge on any atom is 0.330 e. The number of carbonyl (C=O) groups is 1. The zero-order chi connectivity index (χ0) is 17.9. The first-order valence-electron chi connectivity index (χ1n) is 6.91. The van der Waals surface area contributed by atoms with Gasteiger partial charge in [0.05, 0.1) is 0 Å². The molecule has 0 spiro atoms. The first-order valence-corrected chi connectivity index (χ1v) is 6.91. The smallest absolute Gasteiger partial charge is 0.330 e. The number of amides is 1. The molecular formula is C13H18N8O3. The van der Waals surface area contributed by atoms with Crippen molar-refractivity contribution in [3.63, 3.8) is 0 Å². The highest BCUT2D eigenvalue weighted by Crippen LogP contribution is 2.19. The van der Waals surface area contributed by atoms with Crippen LogP contribution in [0.15, 0.2) is 16.9 Å². The van der Waals surface area contributed by atoms with Gasteiger partial charge < -0.3 is 20.3 Å². The predicted octanol–water partition coefficient (Wildman–Crippen LogP) is -1.16. The Bertz CT molecular complexity index is 776. The molecule has 0 saturated heterocycles. The van der Waals surface area contributed by atoms with E-state index < -0.39 is 11.5 Å². The summed E-state index contributed by atoms with van der Waals surface area (Å²) >= 11 is 0. The molecule has 24 heavy (non-hydrogen) atoms. The Labute approximate surface area is 137 Å². The van der Waals surface area contributed by atoms with Crippen LogP contribution in [0.3, 0.4) is 0 Å². The fourth-order valence-corrected chi connectivity index (χ4v) is 1.62. The molecule has 2 rings (SSSR count). The van der Waals surface area contributed by atoms with E-state index >= 15 is 0 Å². The SMILES string of the molecule is CN(C)c1nc(Oc2ccc(=O)n(CC(N)=O)n2)nc(N(C)C)n1. The number of ether oxygens (including phenoxy) is 1. The predicted molar refractivity (Wildman–Crippen MR) is 86.2 cm³/mol. The van der Waals surface area contributed by atoms with Crippen molar-refractivity contribution in [3.8, 4) is 11.9 Å². The van der Waals surface area contributed by atoms with Gasteiger partial charge in [0, 0.05) is 40.3 Å². The van der Waals surface area contributed by atoms with Crippen molar-refractivity contribution in [2.45, 2.75) is 6.54 Å². The van der Waals surface area contributed by atoms with Gasteiger partial charge in [0.15, 0.2) is 0 Å². The lowest BCUT2D eigenvalue weighted by molar-refractivity contribution is -0.118. The van der Waals surface area contributed by atoms with Crippen LogP contribution < -0.4 is 25.8 Å². The Morgan fingerprint density at radius 3 is 2.21 bits per heavy atom. The minimum absolute atomic E-state index is 0.00849. The number of anilines is 2. The summed E-state index contributed by atoms with van der Waals surface area (Å²) in [6.07, 6.45) is 0. The van der Waals surface area contributed by atoms with Gasteiger partial charge in [-0.05, 0) is 0 Å². The lowest BCUT2D eigenvalue weighted by atomic mass is 10.5. The normalized spacial score (nSPS) is 10.3. The summed E-state index contributed by atoms with van der Waals surface area (Å²) in [4.78, 5) is 38.6. The van der Waals surface area contributed by atoms with E-state index in [-0.39, 0.29) is 18.4 Å². The van der Waals surface area contributed by atoms with Crippen molar-refractivity contribution in [1.29, 1.82) is 0 Å². The number of rotatable bonds is 6. The van der Waals surface area contributed by atoms with Gasteiger partial charge in [0.25, 0.3) is 5.56 Å². The molecule has 11 nitrogen and oxygen atoms in total. The molecule has 0 saturated carbocycles. The van der Waals surface area contributed by atoms with E-state index in [1.54, 1.807) is 38.0 Å². The third kappa shape index (κ3) is 4.15. The number of hydrogen-bond donors (Lipinski definition) is 1. The van der Waals surface area contributed by atoms with Crippen molar-refractivity contribution in [1.82, 2.24) is 24.7 Å². The van der Waals surface area contributed by atoms with Crippen LogP contribution in [0, 0.1) is 0 Å².